The predicted molar refractivity (Wildman–Crippen MR) is 82.1 cm³/mol. The third-order valence-corrected chi connectivity index (χ3v) is 2.34. The van der Waals surface area contributed by atoms with Gasteiger partial charge in [-0.3, -0.25) is 18.4 Å². The molecule has 0 bridgehead atoms. The van der Waals surface area contributed by atoms with E-state index in [0.717, 1.165) is 21.8 Å². The molecule has 0 aliphatic heterocycles. The maximum Gasteiger partial charge on any atom is 2.00 e. The van der Waals surface area contributed by atoms with Crippen LogP contribution in [-0.2, 0) is 54.1 Å². The average Bonchev–Trinajstić information content (AvgIpc) is 2.37. The SMILES string of the molecule is O=S(=O)([O-])[O-].[Cd+2].[OH3+].[OH3+].[OH3+].c1cnc2c(c1)ccc1cccnc12. The fourth-order valence-corrected chi connectivity index (χ4v) is 1.68. The maximum absolute atomic E-state index is 8.52. The van der Waals surface area contributed by atoms with Crippen molar-refractivity contribution in [1.82, 2.24) is 9.97 Å². The number of hydrogen-bond acceptors (Lipinski definition) is 6. The van der Waals surface area contributed by atoms with Crippen LogP contribution in [0.15, 0.2) is 48.8 Å². The molecule has 0 unspecified atom stereocenters. The summed E-state index contributed by atoms with van der Waals surface area (Å²) in [7, 11) is -5.17. The van der Waals surface area contributed by atoms with E-state index in [-0.39, 0.29) is 43.7 Å². The number of pyridine rings is 2. The fraction of sp³-hybridized carbons (Fsp3) is 0. The van der Waals surface area contributed by atoms with Crippen molar-refractivity contribution in [2.24, 2.45) is 0 Å². The first kappa shape index (κ1) is 26.6. The largest absolute Gasteiger partial charge is 2.00 e. The zero-order valence-electron chi connectivity index (χ0n) is 12.0. The van der Waals surface area contributed by atoms with Crippen molar-refractivity contribution in [3.8, 4) is 0 Å². The molecule has 0 saturated carbocycles. The van der Waals surface area contributed by atoms with Gasteiger partial charge in [0.15, 0.2) is 0 Å². The van der Waals surface area contributed by atoms with Gasteiger partial charge in [0.05, 0.1) is 11.0 Å². The molecular formula is C12H17CdN2O7S+3. The quantitative estimate of drug-likeness (QED) is 0.135. The van der Waals surface area contributed by atoms with E-state index < -0.39 is 10.4 Å². The summed E-state index contributed by atoms with van der Waals surface area (Å²) < 4.78 is 34.1. The zero-order valence-corrected chi connectivity index (χ0v) is 16.8. The number of aromatic nitrogens is 2. The van der Waals surface area contributed by atoms with Crippen LogP contribution < -0.4 is 0 Å². The van der Waals surface area contributed by atoms with E-state index in [9.17, 15) is 0 Å². The summed E-state index contributed by atoms with van der Waals surface area (Å²) in [6.45, 7) is 0. The van der Waals surface area contributed by atoms with E-state index in [1.165, 1.54) is 0 Å². The van der Waals surface area contributed by atoms with Crippen LogP contribution in [0, 0.1) is 0 Å². The van der Waals surface area contributed by atoms with Crippen LogP contribution >= 0.6 is 0 Å². The average molecular weight is 446 g/mol. The van der Waals surface area contributed by atoms with Gasteiger partial charge in [0.2, 0.25) is 0 Å². The second kappa shape index (κ2) is 11.3. The first-order chi connectivity index (χ1) is 8.95. The van der Waals surface area contributed by atoms with Gasteiger partial charge < -0.3 is 25.5 Å². The Morgan fingerprint density at radius 3 is 1.35 bits per heavy atom. The van der Waals surface area contributed by atoms with Crippen LogP contribution in [0.4, 0.5) is 0 Å². The molecule has 0 aliphatic rings. The van der Waals surface area contributed by atoms with E-state index in [1.807, 2.05) is 12.1 Å². The molecular weight excluding hydrogens is 429 g/mol. The summed E-state index contributed by atoms with van der Waals surface area (Å²) in [5.74, 6) is 0. The van der Waals surface area contributed by atoms with Crippen molar-refractivity contribution in [2.45, 2.75) is 0 Å². The van der Waals surface area contributed by atoms with Gasteiger partial charge in [-0.2, -0.15) is 0 Å². The Bertz CT molecular complexity index is 767. The van der Waals surface area contributed by atoms with Crippen LogP contribution in [-0.4, -0.2) is 27.5 Å². The third-order valence-electron chi connectivity index (χ3n) is 2.34. The molecule has 0 amide bonds. The van der Waals surface area contributed by atoms with Crippen molar-refractivity contribution < 1.29 is 61.3 Å². The minimum absolute atomic E-state index is 0. The van der Waals surface area contributed by atoms with Crippen LogP contribution in [0.1, 0.15) is 0 Å². The molecule has 0 fully saturated rings. The molecule has 2 aromatic heterocycles. The molecule has 3 aromatic rings. The van der Waals surface area contributed by atoms with Gasteiger partial charge in [-0.25, -0.2) is 0 Å². The minimum atomic E-state index is -5.17. The maximum atomic E-state index is 8.52. The summed E-state index contributed by atoms with van der Waals surface area (Å²) in [6.07, 6.45) is 3.60. The number of fused-ring (bicyclic) bond motifs is 3. The summed E-state index contributed by atoms with van der Waals surface area (Å²) >= 11 is 0. The van der Waals surface area contributed by atoms with Crippen LogP contribution in [0.3, 0.4) is 0 Å². The van der Waals surface area contributed by atoms with E-state index in [4.69, 9.17) is 17.5 Å². The van der Waals surface area contributed by atoms with E-state index in [0.29, 0.717) is 0 Å². The third kappa shape index (κ3) is 8.21. The van der Waals surface area contributed by atoms with Gasteiger partial charge in [-0.15, -0.1) is 0 Å². The molecule has 0 atom stereocenters. The Labute approximate surface area is 152 Å². The topological polar surface area (TPSA) is 205 Å². The second-order valence-electron chi connectivity index (χ2n) is 3.62. The monoisotopic (exact) mass is 447 g/mol. The standard InChI is InChI=1S/C12H8N2.Cd.H2O4S.3H2O/c1-3-9-5-6-10-4-2-8-14-12(10)11(9)13-7-1;;1-5(2,3)4;;;/h1-8H;;(H2,1,2,3,4);3*1H2/q;+2;;;;/p+1. The molecule has 0 saturated heterocycles. The molecule has 0 radical (unpaired) electrons. The van der Waals surface area contributed by atoms with Crippen molar-refractivity contribution in [1.29, 1.82) is 0 Å². The molecule has 11 heteroatoms. The summed E-state index contributed by atoms with van der Waals surface area (Å²) in [4.78, 5) is 8.69. The molecule has 3 rings (SSSR count). The molecule has 9 nitrogen and oxygen atoms in total. The summed E-state index contributed by atoms with van der Waals surface area (Å²) in [5.41, 5.74) is 1.95. The minimum Gasteiger partial charge on any atom is -0.759 e. The molecule has 9 N–H and O–H groups in total. The Morgan fingerprint density at radius 1 is 0.739 bits per heavy atom. The van der Waals surface area contributed by atoms with Gasteiger partial charge in [-0.1, -0.05) is 24.3 Å². The molecule has 122 valence electrons. The van der Waals surface area contributed by atoms with Gasteiger partial charge in [0.25, 0.3) is 0 Å². The number of nitrogens with zero attached hydrogens (tertiary/aromatic N) is 2. The van der Waals surface area contributed by atoms with Crippen molar-refractivity contribution in [3.05, 3.63) is 48.8 Å². The molecule has 2 heterocycles. The Hall–Kier alpha value is -1.29. The van der Waals surface area contributed by atoms with Crippen LogP contribution in [0.25, 0.3) is 21.8 Å². The van der Waals surface area contributed by atoms with Crippen molar-refractivity contribution in [2.75, 3.05) is 0 Å². The molecule has 1 aromatic carbocycles. The molecule has 0 spiro atoms. The van der Waals surface area contributed by atoms with Gasteiger partial charge >= 0.3 is 27.3 Å². The smallest absolute Gasteiger partial charge is 0.759 e. The predicted octanol–water partition coefficient (Wildman–Crippen LogP) is -1.32. The molecule has 23 heavy (non-hydrogen) atoms. The fourth-order valence-electron chi connectivity index (χ4n) is 1.68. The Kier molecular flexibility index (Phi) is 13.0. The van der Waals surface area contributed by atoms with Crippen LogP contribution in [0.5, 0.6) is 0 Å². The molecule has 0 aliphatic carbocycles. The van der Waals surface area contributed by atoms with Crippen LogP contribution in [0.2, 0.25) is 0 Å². The van der Waals surface area contributed by atoms with Crippen molar-refractivity contribution >= 4 is 32.2 Å². The summed E-state index contributed by atoms with van der Waals surface area (Å²) in [5, 5.41) is 2.28. The number of benzene rings is 1. The van der Waals surface area contributed by atoms with Gasteiger partial charge in [-0.05, 0) is 12.1 Å². The van der Waals surface area contributed by atoms with E-state index >= 15 is 0 Å². The second-order valence-corrected chi connectivity index (χ2v) is 4.44. The van der Waals surface area contributed by atoms with Gasteiger partial charge in [0.1, 0.15) is 0 Å². The summed E-state index contributed by atoms with van der Waals surface area (Å²) in [6, 6.07) is 12.1. The number of hydrogen-bond donors (Lipinski definition) is 0. The van der Waals surface area contributed by atoms with Crippen molar-refractivity contribution in [3.63, 3.8) is 0 Å². The Balaban J connectivity index is -0.000000400. The number of rotatable bonds is 0. The normalized spacial score (nSPS) is 9.13. The zero-order chi connectivity index (χ0) is 13.9. The Morgan fingerprint density at radius 2 is 1.04 bits per heavy atom. The first-order valence-corrected chi connectivity index (χ1v) is 6.53. The van der Waals surface area contributed by atoms with Gasteiger partial charge in [0, 0.05) is 33.6 Å². The van der Waals surface area contributed by atoms with E-state index in [1.54, 1.807) is 12.4 Å². The first-order valence-electron chi connectivity index (χ1n) is 5.20. The van der Waals surface area contributed by atoms with E-state index in [2.05, 4.69) is 34.2 Å².